The first-order valence-corrected chi connectivity index (χ1v) is 6.71. The van der Waals surface area contributed by atoms with Crippen LogP contribution in [0.25, 0.3) is 0 Å². The Bertz CT molecular complexity index is 417. The molecule has 0 saturated carbocycles. The molecule has 0 atom stereocenters. The van der Waals surface area contributed by atoms with Crippen LogP contribution in [0.15, 0.2) is 24.3 Å². The zero-order chi connectivity index (χ0) is 13.1. The molecular weight excluding hydrogens is 270 g/mol. The maximum Gasteiger partial charge on any atom is 0.269 e. The molecule has 1 saturated heterocycles. The lowest BCUT2D eigenvalue weighted by molar-refractivity contribution is -0.384. The van der Waals surface area contributed by atoms with Crippen LogP contribution >= 0.6 is 25.3 Å². The number of rotatable bonds is 3. The van der Waals surface area contributed by atoms with Gasteiger partial charge in [-0.05, 0) is 12.1 Å². The van der Waals surface area contributed by atoms with E-state index in [0.717, 1.165) is 31.9 Å². The monoisotopic (exact) mass is 285 g/mol. The van der Waals surface area contributed by atoms with Crippen molar-refractivity contribution in [2.24, 2.45) is 0 Å². The smallest absolute Gasteiger partial charge is 0.269 e. The minimum atomic E-state index is -0.381. The van der Waals surface area contributed by atoms with Crippen LogP contribution in [0.3, 0.4) is 0 Å². The largest absolute Gasteiger partial charge is 0.369 e. The standard InChI is InChI=1S/C11H15N3O2S2/c15-14(16)10-3-1-9(2-4-10)12-5-7-13(8-6-12)11(17)18/h1-4,11,17-18H,5-8H2. The number of nitro benzene ring substituents is 1. The summed E-state index contributed by atoms with van der Waals surface area (Å²) in [6.45, 7) is 3.56. The minimum Gasteiger partial charge on any atom is -0.369 e. The van der Waals surface area contributed by atoms with E-state index in [4.69, 9.17) is 0 Å². The molecule has 0 aromatic heterocycles. The minimum absolute atomic E-state index is 0.0241. The third kappa shape index (κ3) is 3.09. The van der Waals surface area contributed by atoms with Crippen LogP contribution in [0.2, 0.25) is 0 Å². The van der Waals surface area contributed by atoms with E-state index in [1.54, 1.807) is 24.3 Å². The van der Waals surface area contributed by atoms with Gasteiger partial charge in [0.2, 0.25) is 0 Å². The highest BCUT2D eigenvalue weighted by atomic mass is 32.2. The van der Waals surface area contributed by atoms with Gasteiger partial charge in [0.25, 0.3) is 5.69 Å². The molecule has 2 rings (SSSR count). The Morgan fingerprint density at radius 1 is 1.11 bits per heavy atom. The molecule has 0 bridgehead atoms. The summed E-state index contributed by atoms with van der Waals surface area (Å²) in [5, 5.41) is 10.6. The zero-order valence-corrected chi connectivity index (χ0v) is 11.6. The van der Waals surface area contributed by atoms with E-state index >= 15 is 0 Å². The SMILES string of the molecule is O=[N+]([O-])c1ccc(N2CCN(C(S)S)CC2)cc1. The molecule has 0 unspecified atom stereocenters. The van der Waals surface area contributed by atoms with Gasteiger partial charge >= 0.3 is 0 Å². The van der Waals surface area contributed by atoms with Crippen molar-refractivity contribution in [2.45, 2.75) is 4.71 Å². The van der Waals surface area contributed by atoms with Crippen molar-refractivity contribution in [1.82, 2.24) is 4.90 Å². The topological polar surface area (TPSA) is 49.6 Å². The molecule has 5 nitrogen and oxygen atoms in total. The van der Waals surface area contributed by atoms with Gasteiger partial charge in [0.15, 0.2) is 0 Å². The quantitative estimate of drug-likeness (QED) is 0.385. The van der Waals surface area contributed by atoms with E-state index in [2.05, 4.69) is 35.1 Å². The van der Waals surface area contributed by atoms with Crippen LogP contribution in [0, 0.1) is 10.1 Å². The van der Waals surface area contributed by atoms with Gasteiger partial charge in [-0.3, -0.25) is 15.0 Å². The molecule has 0 spiro atoms. The highest BCUT2D eigenvalue weighted by Crippen LogP contribution is 2.21. The summed E-state index contributed by atoms with van der Waals surface area (Å²) in [5.41, 5.74) is 1.15. The first-order valence-electron chi connectivity index (χ1n) is 5.67. The Kier molecular flexibility index (Phi) is 4.36. The maximum atomic E-state index is 10.6. The number of hydrogen-bond acceptors (Lipinski definition) is 6. The van der Waals surface area contributed by atoms with Gasteiger partial charge in [0.05, 0.1) is 9.63 Å². The molecule has 0 amide bonds. The van der Waals surface area contributed by atoms with E-state index in [1.807, 2.05) is 0 Å². The fourth-order valence-electron chi connectivity index (χ4n) is 2.00. The Balaban J connectivity index is 1.99. The van der Waals surface area contributed by atoms with Gasteiger partial charge in [0, 0.05) is 44.0 Å². The molecule has 1 aromatic rings. The van der Waals surface area contributed by atoms with E-state index < -0.39 is 0 Å². The average molecular weight is 285 g/mol. The molecule has 1 heterocycles. The molecule has 0 N–H and O–H groups in total. The Morgan fingerprint density at radius 2 is 1.67 bits per heavy atom. The van der Waals surface area contributed by atoms with E-state index in [0.29, 0.717) is 0 Å². The second-order valence-corrected chi connectivity index (χ2v) is 5.53. The number of piperazine rings is 1. The number of non-ortho nitro benzene ring substituents is 1. The van der Waals surface area contributed by atoms with E-state index in [9.17, 15) is 10.1 Å². The molecule has 7 heteroatoms. The van der Waals surface area contributed by atoms with E-state index in [-0.39, 0.29) is 15.3 Å². The van der Waals surface area contributed by atoms with Crippen LogP contribution < -0.4 is 4.90 Å². The predicted molar refractivity (Wildman–Crippen MR) is 78.6 cm³/mol. The molecule has 0 aliphatic carbocycles. The summed E-state index contributed by atoms with van der Waals surface area (Å²) in [6.07, 6.45) is 0. The summed E-state index contributed by atoms with van der Waals surface area (Å²) < 4.78 is -0.0241. The third-order valence-corrected chi connectivity index (χ3v) is 3.72. The summed E-state index contributed by atoms with van der Waals surface area (Å²) in [7, 11) is 0. The van der Waals surface area contributed by atoms with Gasteiger partial charge in [-0.25, -0.2) is 0 Å². The summed E-state index contributed by atoms with van der Waals surface area (Å²) in [6, 6.07) is 6.68. The predicted octanol–water partition coefficient (Wildman–Crippen LogP) is 1.86. The fraction of sp³-hybridized carbons (Fsp3) is 0.455. The molecule has 1 aromatic carbocycles. The van der Waals surface area contributed by atoms with Crippen molar-refractivity contribution in [3.63, 3.8) is 0 Å². The second kappa shape index (κ2) is 5.81. The Hall–Kier alpha value is -0.920. The zero-order valence-electron chi connectivity index (χ0n) is 9.77. The van der Waals surface area contributed by atoms with Gasteiger partial charge in [0.1, 0.15) is 0 Å². The van der Waals surface area contributed by atoms with Crippen molar-refractivity contribution in [2.75, 3.05) is 31.1 Å². The number of anilines is 1. The molecule has 98 valence electrons. The van der Waals surface area contributed by atoms with Crippen molar-refractivity contribution in [3.8, 4) is 0 Å². The molecule has 0 radical (unpaired) electrons. The lowest BCUT2D eigenvalue weighted by Crippen LogP contribution is -2.47. The van der Waals surface area contributed by atoms with Gasteiger partial charge in [-0.1, -0.05) is 0 Å². The fourth-order valence-corrected chi connectivity index (χ4v) is 2.46. The normalized spacial score (nSPS) is 17.2. The van der Waals surface area contributed by atoms with Crippen LogP contribution in [0.1, 0.15) is 0 Å². The highest BCUT2D eigenvalue weighted by Gasteiger charge is 2.20. The number of thiol groups is 2. The third-order valence-electron chi connectivity index (χ3n) is 3.07. The van der Waals surface area contributed by atoms with Crippen LogP contribution in [0.5, 0.6) is 0 Å². The summed E-state index contributed by atoms with van der Waals surface area (Å²) in [4.78, 5) is 14.6. The second-order valence-electron chi connectivity index (χ2n) is 4.14. The van der Waals surface area contributed by atoms with Crippen LogP contribution in [-0.2, 0) is 0 Å². The maximum absolute atomic E-state index is 10.6. The van der Waals surface area contributed by atoms with Crippen molar-refractivity contribution in [1.29, 1.82) is 0 Å². The lowest BCUT2D eigenvalue weighted by Gasteiger charge is -2.37. The number of benzene rings is 1. The first-order chi connectivity index (χ1) is 8.58. The van der Waals surface area contributed by atoms with Crippen molar-refractivity contribution in [3.05, 3.63) is 34.4 Å². The van der Waals surface area contributed by atoms with Crippen LogP contribution in [0.4, 0.5) is 11.4 Å². The molecular formula is C11H15N3O2S2. The Morgan fingerprint density at radius 3 is 2.11 bits per heavy atom. The Labute approximate surface area is 117 Å². The van der Waals surface area contributed by atoms with Gasteiger partial charge < -0.3 is 4.90 Å². The van der Waals surface area contributed by atoms with Crippen molar-refractivity contribution < 1.29 is 4.92 Å². The average Bonchev–Trinajstić information content (AvgIpc) is 2.39. The molecule has 1 aliphatic rings. The summed E-state index contributed by atoms with van der Waals surface area (Å²) in [5.74, 6) is 0. The molecule has 18 heavy (non-hydrogen) atoms. The van der Waals surface area contributed by atoms with Gasteiger partial charge in [-0.2, -0.15) is 0 Å². The van der Waals surface area contributed by atoms with Crippen LogP contribution in [-0.4, -0.2) is 40.7 Å². The molecule has 1 aliphatic heterocycles. The number of nitrogens with zero attached hydrogens (tertiary/aromatic N) is 3. The number of hydrogen-bond donors (Lipinski definition) is 2. The number of nitro groups is 1. The molecule has 1 fully saturated rings. The van der Waals surface area contributed by atoms with Gasteiger partial charge in [-0.15, -0.1) is 25.3 Å². The van der Waals surface area contributed by atoms with Crippen molar-refractivity contribution >= 4 is 36.6 Å². The summed E-state index contributed by atoms with van der Waals surface area (Å²) >= 11 is 8.58. The van der Waals surface area contributed by atoms with E-state index in [1.165, 1.54) is 0 Å². The first kappa shape index (κ1) is 13.5. The highest BCUT2D eigenvalue weighted by molar-refractivity contribution is 7.99. The lowest BCUT2D eigenvalue weighted by atomic mass is 10.2.